The van der Waals surface area contributed by atoms with E-state index in [2.05, 4.69) is 9.97 Å². The zero-order chi connectivity index (χ0) is 13.4. The van der Waals surface area contributed by atoms with Crippen molar-refractivity contribution in [1.82, 2.24) is 14.5 Å². The minimum absolute atomic E-state index is 0.322. The molecule has 0 radical (unpaired) electrons. The molecule has 2 aromatic heterocycles. The molecule has 0 unspecified atom stereocenters. The maximum absolute atomic E-state index is 6.09. The number of aryl methyl sites for hydroxylation is 1. The van der Waals surface area contributed by atoms with Crippen molar-refractivity contribution < 1.29 is 0 Å². The summed E-state index contributed by atoms with van der Waals surface area (Å²) >= 11 is 12.1. The van der Waals surface area contributed by atoms with Crippen LogP contribution < -0.4 is 0 Å². The highest BCUT2D eigenvalue weighted by Crippen LogP contribution is 2.25. The van der Waals surface area contributed by atoms with Gasteiger partial charge in [-0.1, -0.05) is 17.7 Å². The number of alkyl halides is 1. The first-order valence-corrected chi connectivity index (χ1v) is 6.77. The van der Waals surface area contributed by atoms with Crippen LogP contribution in [0.4, 0.5) is 0 Å². The number of benzene rings is 1. The quantitative estimate of drug-likeness (QED) is 0.665. The molecule has 0 spiro atoms. The summed E-state index contributed by atoms with van der Waals surface area (Å²) < 4.78 is 1.96. The van der Waals surface area contributed by atoms with Crippen molar-refractivity contribution in [3.05, 3.63) is 52.9 Å². The summed E-state index contributed by atoms with van der Waals surface area (Å²) in [6.07, 6.45) is 1.75. The fourth-order valence-corrected chi connectivity index (χ4v) is 2.47. The van der Waals surface area contributed by atoms with E-state index in [0.29, 0.717) is 10.9 Å². The molecule has 0 saturated carbocycles. The van der Waals surface area contributed by atoms with Crippen LogP contribution in [0.2, 0.25) is 5.02 Å². The van der Waals surface area contributed by atoms with E-state index in [1.807, 2.05) is 41.8 Å². The maximum Gasteiger partial charge on any atom is 0.164 e. The number of fused-ring (bicyclic) bond motifs is 1. The standard InChI is InChI=1S/C14H11Cl2N3/c1-9-4-5-10(16)7-12(9)19-13(8-15)18-11-3-2-6-17-14(11)19/h2-7H,8H2,1H3. The highest BCUT2D eigenvalue weighted by molar-refractivity contribution is 6.30. The van der Waals surface area contributed by atoms with Crippen LogP contribution in [0, 0.1) is 6.92 Å². The lowest BCUT2D eigenvalue weighted by atomic mass is 10.2. The van der Waals surface area contributed by atoms with E-state index in [1.165, 1.54) is 0 Å². The third-order valence-electron chi connectivity index (χ3n) is 3.02. The van der Waals surface area contributed by atoms with Crippen LogP contribution in [-0.4, -0.2) is 14.5 Å². The van der Waals surface area contributed by atoms with Gasteiger partial charge in [-0.15, -0.1) is 11.6 Å². The predicted molar refractivity (Wildman–Crippen MR) is 78.2 cm³/mol. The van der Waals surface area contributed by atoms with Crippen molar-refractivity contribution in [3.8, 4) is 5.69 Å². The summed E-state index contributed by atoms with van der Waals surface area (Å²) in [4.78, 5) is 8.90. The molecule has 19 heavy (non-hydrogen) atoms. The van der Waals surface area contributed by atoms with E-state index < -0.39 is 0 Å². The summed E-state index contributed by atoms with van der Waals surface area (Å²) in [5, 5.41) is 0.680. The third-order valence-corrected chi connectivity index (χ3v) is 3.49. The maximum atomic E-state index is 6.09. The van der Waals surface area contributed by atoms with Gasteiger partial charge in [-0.2, -0.15) is 0 Å². The lowest BCUT2D eigenvalue weighted by Crippen LogP contribution is -2.02. The second-order valence-electron chi connectivity index (χ2n) is 4.27. The molecule has 1 aromatic carbocycles. The number of aromatic nitrogens is 3. The molecular weight excluding hydrogens is 281 g/mol. The molecule has 0 aliphatic heterocycles. The lowest BCUT2D eigenvalue weighted by Gasteiger charge is -2.10. The average Bonchev–Trinajstić information content (AvgIpc) is 2.80. The van der Waals surface area contributed by atoms with E-state index in [0.717, 1.165) is 28.2 Å². The molecule has 0 N–H and O–H groups in total. The van der Waals surface area contributed by atoms with Gasteiger partial charge in [0.2, 0.25) is 0 Å². The number of hydrogen-bond acceptors (Lipinski definition) is 2. The Balaban J connectivity index is 2.37. The molecular formula is C14H11Cl2N3. The number of nitrogens with zero attached hydrogens (tertiary/aromatic N) is 3. The fourth-order valence-electron chi connectivity index (χ4n) is 2.13. The minimum atomic E-state index is 0.322. The molecule has 5 heteroatoms. The van der Waals surface area contributed by atoms with Gasteiger partial charge in [-0.25, -0.2) is 9.97 Å². The van der Waals surface area contributed by atoms with Crippen molar-refractivity contribution in [2.45, 2.75) is 12.8 Å². The zero-order valence-corrected chi connectivity index (χ0v) is 11.8. The van der Waals surface area contributed by atoms with Gasteiger partial charge in [-0.05, 0) is 36.8 Å². The Bertz CT molecular complexity index is 750. The summed E-state index contributed by atoms with van der Waals surface area (Å²) in [7, 11) is 0. The predicted octanol–water partition coefficient (Wildman–Crippen LogP) is 4.12. The van der Waals surface area contributed by atoms with Gasteiger partial charge >= 0.3 is 0 Å². The van der Waals surface area contributed by atoms with Crippen molar-refractivity contribution in [2.75, 3.05) is 0 Å². The molecule has 0 atom stereocenters. The summed E-state index contributed by atoms with van der Waals surface area (Å²) in [6, 6.07) is 9.54. The summed E-state index contributed by atoms with van der Waals surface area (Å²) in [6.45, 7) is 2.03. The molecule has 0 aliphatic carbocycles. The van der Waals surface area contributed by atoms with Gasteiger partial charge in [-0.3, -0.25) is 4.57 Å². The number of halogens is 2. The van der Waals surface area contributed by atoms with Crippen molar-refractivity contribution >= 4 is 34.4 Å². The Labute approximate surface area is 120 Å². The second kappa shape index (κ2) is 4.83. The van der Waals surface area contributed by atoms with Gasteiger partial charge in [0.25, 0.3) is 0 Å². The van der Waals surface area contributed by atoms with Crippen LogP contribution in [-0.2, 0) is 5.88 Å². The Morgan fingerprint density at radius 3 is 2.89 bits per heavy atom. The molecule has 2 heterocycles. The first-order chi connectivity index (χ1) is 9.20. The van der Waals surface area contributed by atoms with Gasteiger partial charge in [0.15, 0.2) is 5.65 Å². The van der Waals surface area contributed by atoms with Crippen LogP contribution in [0.1, 0.15) is 11.4 Å². The average molecular weight is 292 g/mol. The highest BCUT2D eigenvalue weighted by Gasteiger charge is 2.14. The Morgan fingerprint density at radius 2 is 2.11 bits per heavy atom. The number of pyridine rings is 1. The highest BCUT2D eigenvalue weighted by atomic mass is 35.5. The van der Waals surface area contributed by atoms with Crippen LogP contribution in [0.25, 0.3) is 16.9 Å². The van der Waals surface area contributed by atoms with Crippen LogP contribution in [0.15, 0.2) is 36.5 Å². The smallest absolute Gasteiger partial charge is 0.164 e. The van der Waals surface area contributed by atoms with Crippen molar-refractivity contribution in [2.24, 2.45) is 0 Å². The van der Waals surface area contributed by atoms with Crippen LogP contribution in [0.3, 0.4) is 0 Å². The second-order valence-corrected chi connectivity index (χ2v) is 4.98. The molecule has 96 valence electrons. The number of imidazole rings is 1. The number of rotatable bonds is 2. The molecule has 3 aromatic rings. The molecule has 0 bridgehead atoms. The monoisotopic (exact) mass is 291 g/mol. The summed E-state index contributed by atoms with van der Waals surface area (Å²) in [5.74, 6) is 1.09. The Morgan fingerprint density at radius 1 is 1.26 bits per heavy atom. The van der Waals surface area contributed by atoms with E-state index in [-0.39, 0.29) is 0 Å². The van der Waals surface area contributed by atoms with E-state index in [9.17, 15) is 0 Å². The minimum Gasteiger partial charge on any atom is -0.279 e. The van der Waals surface area contributed by atoms with Crippen molar-refractivity contribution in [1.29, 1.82) is 0 Å². The van der Waals surface area contributed by atoms with E-state index in [4.69, 9.17) is 23.2 Å². The third kappa shape index (κ3) is 2.09. The topological polar surface area (TPSA) is 30.7 Å². The number of hydrogen-bond donors (Lipinski definition) is 0. The van der Waals surface area contributed by atoms with Crippen LogP contribution in [0.5, 0.6) is 0 Å². The zero-order valence-electron chi connectivity index (χ0n) is 10.3. The van der Waals surface area contributed by atoms with Crippen LogP contribution >= 0.6 is 23.2 Å². The largest absolute Gasteiger partial charge is 0.279 e. The first kappa shape index (κ1) is 12.5. The van der Waals surface area contributed by atoms with Gasteiger partial charge in [0.1, 0.15) is 11.3 Å². The molecule has 0 fully saturated rings. The Hall–Kier alpha value is -1.58. The molecule has 0 saturated heterocycles. The van der Waals surface area contributed by atoms with Gasteiger partial charge in [0, 0.05) is 11.2 Å². The van der Waals surface area contributed by atoms with Gasteiger partial charge < -0.3 is 0 Å². The normalized spacial score (nSPS) is 11.1. The fraction of sp³-hybridized carbons (Fsp3) is 0.143. The Kier molecular flexibility index (Phi) is 3.17. The first-order valence-electron chi connectivity index (χ1n) is 5.85. The van der Waals surface area contributed by atoms with E-state index >= 15 is 0 Å². The summed E-state index contributed by atoms with van der Waals surface area (Å²) in [5.41, 5.74) is 3.69. The SMILES string of the molecule is Cc1ccc(Cl)cc1-n1c(CCl)nc2cccnc21. The van der Waals surface area contributed by atoms with Gasteiger partial charge in [0.05, 0.1) is 11.6 Å². The molecule has 0 aliphatic rings. The lowest BCUT2D eigenvalue weighted by molar-refractivity contribution is 0.961. The van der Waals surface area contributed by atoms with Crippen molar-refractivity contribution in [3.63, 3.8) is 0 Å². The molecule has 3 rings (SSSR count). The molecule has 3 nitrogen and oxygen atoms in total. The molecule has 0 amide bonds. The van der Waals surface area contributed by atoms with E-state index in [1.54, 1.807) is 6.20 Å².